The van der Waals surface area contributed by atoms with Gasteiger partial charge in [0.25, 0.3) is 10.1 Å². The van der Waals surface area contributed by atoms with Crippen LogP contribution >= 0.6 is 0 Å². The topological polar surface area (TPSA) is 87.0 Å². The van der Waals surface area contributed by atoms with Crippen molar-refractivity contribution in [3.05, 3.63) is 36.4 Å². The zero-order chi connectivity index (χ0) is 13.0. The van der Waals surface area contributed by atoms with Crippen LogP contribution in [0.5, 0.6) is 0 Å². The second-order valence-electron chi connectivity index (χ2n) is 3.64. The highest BCUT2D eigenvalue weighted by atomic mass is 32.2. The minimum absolute atomic E-state index is 0.0634. The molecule has 7 nitrogen and oxygen atoms in total. The number of hydrogen-bond acceptors (Lipinski definition) is 6. The van der Waals surface area contributed by atoms with Gasteiger partial charge >= 0.3 is 0 Å². The molecule has 18 heavy (non-hydrogen) atoms. The molecule has 2 aromatic heterocycles. The van der Waals surface area contributed by atoms with E-state index in [1.807, 2.05) is 0 Å². The maximum absolute atomic E-state index is 10.8. The number of hydrogen-bond donors (Lipinski definition) is 0. The van der Waals surface area contributed by atoms with Gasteiger partial charge in [-0.15, -0.1) is 5.10 Å². The third kappa shape index (κ3) is 3.60. The van der Waals surface area contributed by atoms with Crippen molar-refractivity contribution >= 4 is 10.1 Å². The van der Waals surface area contributed by atoms with Crippen LogP contribution in [0.25, 0.3) is 5.69 Å². The molecule has 0 atom stereocenters. The maximum atomic E-state index is 10.8. The third-order valence-electron chi connectivity index (χ3n) is 2.12. The lowest BCUT2D eigenvalue weighted by molar-refractivity contribution is 0.324. The molecule has 96 valence electrons. The lowest BCUT2D eigenvalue weighted by Crippen LogP contribution is -2.06. The fourth-order valence-corrected chi connectivity index (χ4v) is 1.72. The van der Waals surface area contributed by atoms with Gasteiger partial charge in [-0.1, -0.05) is 5.21 Å². The normalized spacial score (nSPS) is 11.6. The molecule has 0 saturated carbocycles. The van der Waals surface area contributed by atoms with E-state index in [1.54, 1.807) is 35.4 Å². The largest absolute Gasteiger partial charge is 0.270 e. The standard InChI is InChI=1S/C10H12N4O3S/c1-18(15,16)17-7-4-9-8-14(13-12-9)10-2-5-11-6-3-10/h2-3,5-6,8H,4,7H2,1H3. The maximum Gasteiger partial charge on any atom is 0.264 e. The zero-order valence-corrected chi connectivity index (χ0v) is 10.5. The molecule has 0 radical (unpaired) electrons. The van der Waals surface area contributed by atoms with Gasteiger partial charge in [-0.3, -0.25) is 9.17 Å². The van der Waals surface area contributed by atoms with Gasteiger partial charge in [0.05, 0.1) is 30.4 Å². The monoisotopic (exact) mass is 268 g/mol. The smallest absolute Gasteiger partial charge is 0.264 e. The summed E-state index contributed by atoms with van der Waals surface area (Å²) in [5.41, 5.74) is 1.50. The molecule has 0 aromatic carbocycles. The summed E-state index contributed by atoms with van der Waals surface area (Å²) in [4.78, 5) is 3.91. The molecule has 0 N–H and O–H groups in total. The summed E-state index contributed by atoms with van der Waals surface area (Å²) < 4.78 is 27.8. The Morgan fingerprint density at radius 1 is 1.33 bits per heavy atom. The summed E-state index contributed by atoms with van der Waals surface area (Å²) in [5, 5.41) is 7.87. The lowest BCUT2D eigenvalue weighted by atomic mass is 10.3. The first kappa shape index (κ1) is 12.7. The van der Waals surface area contributed by atoms with Gasteiger partial charge in [-0.05, 0) is 12.1 Å². The molecular weight excluding hydrogens is 256 g/mol. The second-order valence-corrected chi connectivity index (χ2v) is 5.28. The number of nitrogens with zero attached hydrogens (tertiary/aromatic N) is 4. The van der Waals surface area contributed by atoms with Crippen LogP contribution in [-0.4, -0.2) is 41.3 Å². The van der Waals surface area contributed by atoms with Crippen molar-refractivity contribution in [2.24, 2.45) is 0 Å². The van der Waals surface area contributed by atoms with Crippen LogP contribution in [0, 0.1) is 0 Å². The Balaban J connectivity index is 1.99. The van der Waals surface area contributed by atoms with E-state index in [0.717, 1.165) is 11.9 Å². The number of pyridine rings is 1. The molecule has 0 fully saturated rings. The highest BCUT2D eigenvalue weighted by Crippen LogP contribution is 2.05. The van der Waals surface area contributed by atoms with Crippen LogP contribution in [0.2, 0.25) is 0 Å². The van der Waals surface area contributed by atoms with Crippen LogP contribution < -0.4 is 0 Å². The molecular formula is C10H12N4O3S. The molecule has 2 aromatic rings. The van der Waals surface area contributed by atoms with E-state index < -0.39 is 10.1 Å². The third-order valence-corrected chi connectivity index (χ3v) is 2.72. The summed E-state index contributed by atoms with van der Waals surface area (Å²) in [6.07, 6.45) is 6.44. The number of rotatable bonds is 5. The first-order valence-electron chi connectivity index (χ1n) is 5.20. The summed E-state index contributed by atoms with van der Waals surface area (Å²) in [6, 6.07) is 3.59. The van der Waals surface area contributed by atoms with Crippen LogP contribution in [-0.2, 0) is 20.7 Å². The lowest BCUT2D eigenvalue weighted by Gasteiger charge is -1.98. The molecule has 8 heteroatoms. The van der Waals surface area contributed by atoms with E-state index in [4.69, 9.17) is 0 Å². The molecule has 2 rings (SSSR count). The molecule has 0 unspecified atom stereocenters. The fraction of sp³-hybridized carbons (Fsp3) is 0.300. The summed E-state index contributed by atoms with van der Waals surface area (Å²) in [5.74, 6) is 0. The highest BCUT2D eigenvalue weighted by Gasteiger charge is 2.05. The highest BCUT2D eigenvalue weighted by molar-refractivity contribution is 7.85. The number of aromatic nitrogens is 4. The van der Waals surface area contributed by atoms with E-state index in [1.165, 1.54) is 0 Å². The predicted molar refractivity (Wildman–Crippen MR) is 63.7 cm³/mol. The van der Waals surface area contributed by atoms with Gasteiger partial charge in [0.1, 0.15) is 0 Å². The Morgan fingerprint density at radius 3 is 2.72 bits per heavy atom. The first-order chi connectivity index (χ1) is 8.54. The van der Waals surface area contributed by atoms with Crippen LogP contribution in [0.4, 0.5) is 0 Å². The Labute approximate surface area is 105 Å². The Morgan fingerprint density at radius 2 is 2.06 bits per heavy atom. The van der Waals surface area contributed by atoms with E-state index >= 15 is 0 Å². The summed E-state index contributed by atoms with van der Waals surface area (Å²) in [6.45, 7) is 0.0634. The second kappa shape index (κ2) is 5.23. The van der Waals surface area contributed by atoms with Crippen LogP contribution in [0.1, 0.15) is 5.69 Å². The van der Waals surface area contributed by atoms with Gasteiger partial charge in [-0.25, -0.2) is 4.68 Å². The van der Waals surface area contributed by atoms with E-state index in [-0.39, 0.29) is 6.61 Å². The van der Waals surface area contributed by atoms with Crippen molar-refractivity contribution in [1.82, 2.24) is 20.0 Å². The van der Waals surface area contributed by atoms with E-state index in [2.05, 4.69) is 19.5 Å². The Bertz CT molecular complexity index is 609. The summed E-state index contributed by atoms with van der Waals surface area (Å²) >= 11 is 0. The fourth-order valence-electron chi connectivity index (χ4n) is 1.33. The van der Waals surface area contributed by atoms with Crippen LogP contribution in [0.15, 0.2) is 30.7 Å². The van der Waals surface area contributed by atoms with Crippen molar-refractivity contribution in [3.8, 4) is 5.69 Å². The molecule has 0 aliphatic carbocycles. The van der Waals surface area contributed by atoms with Gasteiger partial charge in [-0.2, -0.15) is 8.42 Å². The SMILES string of the molecule is CS(=O)(=O)OCCc1cn(-c2ccncc2)nn1. The van der Waals surface area contributed by atoms with E-state index in [9.17, 15) is 8.42 Å². The zero-order valence-electron chi connectivity index (χ0n) is 9.72. The molecule has 2 heterocycles. The predicted octanol–water partition coefficient (Wildman–Crippen LogP) is 0.181. The molecule has 0 bridgehead atoms. The molecule has 0 spiro atoms. The first-order valence-corrected chi connectivity index (χ1v) is 7.02. The van der Waals surface area contributed by atoms with Crippen molar-refractivity contribution in [1.29, 1.82) is 0 Å². The Hall–Kier alpha value is -1.80. The average molecular weight is 268 g/mol. The molecule has 0 amide bonds. The van der Waals surface area contributed by atoms with Crippen molar-refractivity contribution in [3.63, 3.8) is 0 Å². The quantitative estimate of drug-likeness (QED) is 0.719. The Kier molecular flexibility index (Phi) is 3.68. The molecule has 0 aliphatic heterocycles. The van der Waals surface area contributed by atoms with Crippen molar-refractivity contribution in [2.45, 2.75) is 6.42 Å². The van der Waals surface area contributed by atoms with Gasteiger partial charge in [0, 0.05) is 18.8 Å². The van der Waals surface area contributed by atoms with E-state index in [0.29, 0.717) is 12.1 Å². The van der Waals surface area contributed by atoms with Gasteiger partial charge < -0.3 is 0 Å². The minimum Gasteiger partial charge on any atom is -0.270 e. The summed E-state index contributed by atoms with van der Waals surface area (Å²) in [7, 11) is -3.40. The molecule has 0 saturated heterocycles. The van der Waals surface area contributed by atoms with Crippen LogP contribution in [0.3, 0.4) is 0 Å². The van der Waals surface area contributed by atoms with Crippen molar-refractivity contribution < 1.29 is 12.6 Å². The van der Waals surface area contributed by atoms with Gasteiger partial charge in [0.15, 0.2) is 0 Å². The average Bonchev–Trinajstić information content (AvgIpc) is 2.77. The molecule has 0 aliphatic rings. The van der Waals surface area contributed by atoms with Crippen molar-refractivity contribution in [2.75, 3.05) is 12.9 Å². The minimum atomic E-state index is -3.40. The van der Waals surface area contributed by atoms with Gasteiger partial charge in [0.2, 0.25) is 0 Å².